The SMILES string of the molecule is Cc1ccc(S(=O)(=O)N[C@H](C)C(=O)Nc2cccc3ccccc23)cc1. The smallest absolute Gasteiger partial charge is 0.242 e. The van der Waals surface area contributed by atoms with Gasteiger partial charge in [-0.05, 0) is 37.4 Å². The van der Waals surface area contributed by atoms with Gasteiger partial charge in [-0.2, -0.15) is 4.72 Å². The van der Waals surface area contributed by atoms with Gasteiger partial charge in [0.1, 0.15) is 0 Å². The molecular weight excluding hydrogens is 348 g/mol. The summed E-state index contributed by atoms with van der Waals surface area (Å²) in [6.45, 7) is 3.40. The number of hydrogen-bond acceptors (Lipinski definition) is 3. The minimum absolute atomic E-state index is 0.132. The number of carbonyl (C=O) groups excluding carboxylic acids is 1. The van der Waals surface area contributed by atoms with Crippen molar-refractivity contribution in [3.8, 4) is 0 Å². The van der Waals surface area contributed by atoms with Crippen LogP contribution in [0.5, 0.6) is 0 Å². The summed E-state index contributed by atoms with van der Waals surface area (Å²) in [5, 5.41) is 4.70. The molecular formula is C20H20N2O3S. The maximum absolute atomic E-state index is 12.5. The van der Waals surface area contributed by atoms with E-state index in [1.165, 1.54) is 19.1 Å². The Kier molecular flexibility index (Phi) is 5.06. The zero-order valence-corrected chi connectivity index (χ0v) is 15.4. The van der Waals surface area contributed by atoms with Crippen LogP contribution in [0.2, 0.25) is 0 Å². The normalized spacial score (nSPS) is 12.7. The van der Waals surface area contributed by atoms with E-state index in [0.717, 1.165) is 16.3 Å². The Balaban J connectivity index is 1.76. The third-order valence-electron chi connectivity index (χ3n) is 4.10. The van der Waals surface area contributed by atoms with E-state index in [-0.39, 0.29) is 4.90 Å². The summed E-state index contributed by atoms with van der Waals surface area (Å²) >= 11 is 0. The third-order valence-corrected chi connectivity index (χ3v) is 5.66. The van der Waals surface area contributed by atoms with Crippen LogP contribution in [0.25, 0.3) is 10.8 Å². The first-order valence-electron chi connectivity index (χ1n) is 8.24. The Labute approximate surface area is 153 Å². The molecule has 0 heterocycles. The quantitative estimate of drug-likeness (QED) is 0.724. The summed E-state index contributed by atoms with van der Waals surface area (Å²) < 4.78 is 27.3. The Morgan fingerprint density at radius 3 is 2.31 bits per heavy atom. The van der Waals surface area contributed by atoms with Gasteiger partial charge in [0.05, 0.1) is 10.9 Å². The first-order valence-corrected chi connectivity index (χ1v) is 9.73. The molecule has 1 atom stereocenters. The van der Waals surface area contributed by atoms with Crippen LogP contribution in [-0.2, 0) is 14.8 Å². The summed E-state index contributed by atoms with van der Waals surface area (Å²) in [4.78, 5) is 12.6. The van der Waals surface area contributed by atoms with Gasteiger partial charge in [0, 0.05) is 11.1 Å². The molecule has 3 aromatic carbocycles. The monoisotopic (exact) mass is 368 g/mol. The molecule has 0 spiro atoms. The van der Waals surface area contributed by atoms with Crippen molar-refractivity contribution in [2.45, 2.75) is 24.8 Å². The van der Waals surface area contributed by atoms with E-state index in [0.29, 0.717) is 5.69 Å². The highest BCUT2D eigenvalue weighted by Gasteiger charge is 2.22. The molecule has 134 valence electrons. The number of rotatable bonds is 5. The fourth-order valence-corrected chi connectivity index (χ4v) is 3.85. The molecule has 0 bridgehead atoms. The van der Waals surface area contributed by atoms with Crippen molar-refractivity contribution in [1.29, 1.82) is 0 Å². The Hall–Kier alpha value is -2.70. The van der Waals surface area contributed by atoms with Gasteiger partial charge in [-0.3, -0.25) is 4.79 Å². The van der Waals surface area contributed by atoms with Gasteiger partial charge in [0.2, 0.25) is 15.9 Å². The van der Waals surface area contributed by atoms with Crippen molar-refractivity contribution in [1.82, 2.24) is 4.72 Å². The number of sulfonamides is 1. The van der Waals surface area contributed by atoms with Gasteiger partial charge in [-0.15, -0.1) is 0 Å². The van der Waals surface area contributed by atoms with Crippen molar-refractivity contribution in [3.63, 3.8) is 0 Å². The molecule has 0 saturated heterocycles. The molecule has 1 amide bonds. The molecule has 0 unspecified atom stereocenters. The molecule has 0 saturated carbocycles. The molecule has 0 aromatic heterocycles. The second-order valence-corrected chi connectivity index (χ2v) is 7.89. The summed E-state index contributed by atoms with van der Waals surface area (Å²) in [6.07, 6.45) is 0. The minimum atomic E-state index is -3.77. The lowest BCUT2D eigenvalue weighted by atomic mass is 10.1. The summed E-state index contributed by atoms with van der Waals surface area (Å²) in [5.41, 5.74) is 1.61. The van der Waals surface area contributed by atoms with E-state index in [2.05, 4.69) is 10.0 Å². The maximum atomic E-state index is 12.5. The van der Waals surface area contributed by atoms with Crippen LogP contribution in [0.4, 0.5) is 5.69 Å². The van der Waals surface area contributed by atoms with E-state index in [1.54, 1.807) is 18.2 Å². The summed E-state index contributed by atoms with van der Waals surface area (Å²) in [5.74, 6) is -0.419. The number of amides is 1. The Morgan fingerprint density at radius 2 is 1.58 bits per heavy atom. The van der Waals surface area contributed by atoms with Crippen LogP contribution in [-0.4, -0.2) is 20.4 Å². The molecule has 2 N–H and O–H groups in total. The first kappa shape index (κ1) is 18.1. The molecule has 26 heavy (non-hydrogen) atoms. The van der Waals surface area contributed by atoms with E-state index in [1.807, 2.05) is 43.3 Å². The molecule has 3 aromatic rings. The highest BCUT2D eigenvalue weighted by molar-refractivity contribution is 7.89. The van der Waals surface area contributed by atoms with Crippen LogP contribution in [0.1, 0.15) is 12.5 Å². The van der Waals surface area contributed by atoms with Crippen molar-refractivity contribution in [3.05, 3.63) is 72.3 Å². The number of anilines is 1. The lowest BCUT2D eigenvalue weighted by Crippen LogP contribution is -2.41. The van der Waals surface area contributed by atoms with Crippen molar-refractivity contribution >= 4 is 32.4 Å². The number of fused-ring (bicyclic) bond motifs is 1. The Bertz CT molecular complexity index is 1040. The van der Waals surface area contributed by atoms with Crippen LogP contribution in [0, 0.1) is 6.92 Å². The number of aryl methyl sites for hydroxylation is 1. The minimum Gasteiger partial charge on any atom is -0.324 e. The van der Waals surface area contributed by atoms with Gasteiger partial charge in [-0.1, -0.05) is 54.1 Å². The van der Waals surface area contributed by atoms with Gasteiger partial charge < -0.3 is 5.32 Å². The van der Waals surface area contributed by atoms with Gasteiger partial charge >= 0.3 is 0 Å². The highest BCUT2D eigenvalue weighted by atomic mass is 32.2. The maximum Gasteiger partial charge on any atom is 0.242 e. The van der Waals surface area contributed by atoms with Gasteiger partial charge in [-0.25, -0.2) is 8.42 Å². The number of hydrogen-bond donors (Lipinski definition) is 2. The summed E-state index contributed by atoms with van der Waals surface area (Å²) in [6, 6.07) is 18.8. The molecule has 6 heteroatoms. The van der Waals surface area contributed by atoms with Crippen molar-refractivity contribution in [2.24, 2.45) is 0 Å². The average Bonchev–Trinajstić information content (AvgIpc) is 2.62. The second-order valence-electron chi connectivity index (χ2n) is 6.17. The zero-order valence-electron chi connectivity index (χ0n) is 14.6. The van der Waals surface area contributed by atoms with Crippen LogP contribution >= 0.6 is 0 Å². The van der Waals surface area contributed by atoms with Gasteiger partial charge in [0.15, 0.2) is 0 Å². The molecule has 0 radical (unpaired) electrons. The molecule has 3 rings (SSSR count). The number of carbonyl (C=O) groups is 1. The molecule has 0 aliphatic rings. The van der Waals surface area contributed by atoms with E-state index in [9.17, 15) is 13.2 Å². The fraction of sp³-hybridized carbons (Fsp3) is 0.150. The first-order chi connectivity index (χ1) is 12.4. The third kappa shape index (κ3) is 3.92. The second kappa shape index (κ2) is 7.27. The fourth-order valence-electron chi connectivity index (χ4n) is 2.65. The van der Waals surface area contributed by atoms with Crippen molar-refractivity contribution < 1.29 is 13.2 Å². The van der Waals surface area contributed by atoms with E-state index in [4.69, 9.17) is 0 Å². The van der Waals surface area contributed by atoms with Crippen LogP contribution in [0.15, 0.2) is 71.6 Å². The van der Waals surface area contributed by atoms with Crippen LogP contribution in [0.3, 0.4) is 0 Å². The Morgan fingerprint density at radius 1 is 0.923 bits per heavy atom. The van der Waals surface area contributed by atoms with Crippen LogP contribution < -0.4 is 10.0 Å². The number of nitrogens with one attached hydrogen (secondary N) is 2. The highest BCUT2D eigenvalue weighted by Crippen LogP contribution is 2.23. The standard InChI is InChI=1S/C20H20N2O3S/c1-14-10-12-17(13-11-14)26(24,25)22-15(2)20(23)21-19-9-5-7-16-6-3-4-8-18(16)19/h3-13,15,22H,1-2H3,(H,21,23)/t15-/m1/s1. The predicted octanol–water partition coefficient (Wildman–Crippen LogP) is 3.45. The van der Waals surface area contributed by atoms with E-state index < -0.39 is 22.0 Å². The molecule has 0 aliphatic heterocycles. The number of benzene rings is 3. The molecule has 5 nitrogen and oxygen atoms in total. The lowest BCUT2D eigenvalue weighted by molar-refractivity contribution is -0.117. The van der Waals surface area contributed by atoms with Crippen molar-refractivity contribution in [2.75, 3.05) is 5.32 Å². The van der Waals surface area contributed by atoms with E-state index >= 15 is 0 Å². The molecule has 0 fully saturated rings. The summed E-state index contributed by atoms with van der Waals surface area (Å²) in [7, 11) is -3.77. The van der Waals surface area contributed by atoms with Gasteiger partial charge in [0.25, 0.3) is 0 Å². The topological polar surface area (TPSA) is 75.3 Å². The average molecular weight is 368 g/mol. The lowest BCUT2D eigenvalue weighted by Gasteiger charge is -2.15. The molecule has 0 aliphatic carbocycles. The zero-order chi connectivity index (χ0) is 18.7. The largest absolute Gasteiger partial charge is 0.324 e. The predicted molar refractivity (Wildman–Crippen MR) is 104 cm³/mol.